The van der Waals surface area contributed by atoms with E-state index in [9.17, 15) is 14.0 Å². The lowest BCUT2D eigenvalue weighted by molar-refractivity contribution is -0.135. The number of benzene rings is 2. The fraction of sp³-hybridized carbons (Fsp3) is 0.357. The van der Waals surface area contributed by atoms with Gasteiger partial charge in [0.1, 0.15) is 24.7 Å². The van der Waals surface area contributed by atoms with Gasteiger partial charge in [0.15, 0.2) is 11.5 Å². The third-order valence-corrected chi connectivity index (χ3v) is 7.45. The van der Waals surface area contributed by atoms with Crippen LogP contribution in [-0.4, -0.2) is 54.6 Å². The van der Waals surface area contributed by atoms with Gasteiger partial charge in [0.25, 0.3) is 5.91 Å². The van der Waals surface area contributed by atoms with Crippen LogP contribution >= 0.6 is 11.3 Å². The maximum Gasteiger partial charge on any atom is 0.254 e. The highest BCUT2D eigenvalue weighted by molar-refractivity contribution is 7.10. The summed E-state index contributed by atoms with van der Waals surface area (Å²) in [4.78, 5) is 31.8. The summed E-state index contributed by atoms with van der Waals surface area (Å²) in [5, 5.41) is 2.03. The van der Waals surface area contributed by atoms with Gasteiger partial charge in [0.2, 0.25) is 12.7 Å². The molecule has 3 aromatic rings. The van der Waals surface area contributed by atoms with Crippen molar-refractivity contribution in [3.05, 3.63) is 75.7 Å². The van der Waals surface area contributed by atoms with Crippen molar-refractivity contribution in [2.45, 2.75) is 26.3 Å². The lowest BCUT2D eigenvalue weighted by Crippen LogP contribution is -2.48. The molecule has 5 rings (SSSR count). The van der Waals surface area contributed by atoms with Crippen molar-refractivity contribution >= 4 is 23.2 Å². The SMILES string of the molecule is CC(C)CN(CC(=O)N1CCc2sccc2[C@@H]1COc1ccc(F)cc1)C(=O)c1ccc2c(c1)OCO2. The highest BCUT2D eigenvalue weighted by Gasteiger charge is 2.34. The molecule has 1 atom stereocenters. The van der Waals surface area contributed by atoms with Crippen molar-refractivity contribution in [3.8, 4) is 17.2 Å². The minimum atomic E-state index is -0.334. The molecule has 0 fully saturated rings. The minimum Gasteiger partial charge on any atom is -0.491 e. The summed E-state index contributed by atoms with van der Waals surface area (Å²) < 4.78 is 30.1. The Morgan fingerprint density at radius 1 is 1.14 bits per heavy atom. The molecule has 2 amide bonds. The van der Waals surface area contributed by atoms with E-state index in [-0.39, 0.29) is 49.5 Å². The molecule has 0 saturated carbocycles. The van der Waals surface area contributed by atoms with Gasteiger partial charge in [-0.3, -0.25) is 9.59 Å². The first kappa shape index (κ1) is 25.1. The lowest BCUT2D eigenvalue weighted by Gasteiger charge is -2.37. The number of carbonyl (C=O) groups excluding carboxylic acids is 2. The largest absolute Gasteiger partial charge is 0.491 e. The average Bonchev–Trinajstić information content (AvgIpc) is 3.56. The molecule has 2 aromatic carbocycles. The first-order valence-electron chi connectivity index (χ1n) is 12.3. The van der Waals surface area contributed by atoms with E-state index in [0.717, 1.165) is 12.0 Å². The van der Waals surface area contributed by atoms with Gasteiger partial charge in [-0.05, 0) is 71.8 Å². The number of ether oxygens (including phenoxy) is 3. The molecule has 0 aliphatic carbocycles. The summed E-state index contributed by atoms with van der Waals surface area (Å²) in [5.74, 6) is 1.14. The number of hydrogen-bond acceptors (Lipinski definition) is 6. The number of thiophene rings is 1. The van der Waals surface area contributed by atoms with Gasteiger partial charge in [-0.2, -0.15) is 0 Å². The molecule has 1 aromatic heterocycles. The second-order valence-electron chi connectivity index (χ2n) is 9.56. The van der Waals surface area contributed by atoms with E-state index < -0.39 is 0 Å². The number of hydrogen-bond donors (Lipinski definition) is 0. The van der Waals surface area contributed by atoms with Crippen LogP contribution in [-0.2, 0) is 11.2 Å². The molecule has 9 heteroatoms. The molecule has 3 heterocycles. The Labute approximate surface area is 219 Å². The lowest BCUT2D eigenvalue weighted by atomic mass is 10.00. The molecular weight excluding hydrogens is 495 g/mol. The van der Waals surface area contributed by atoms with Crippen LogP contribution in [0.4, 0.5) is 4.39 Å². The van der Waals surface area contributed by atoms with Crippen molar-refractivity contribution in [2.75, 3.05) is 33.0 Å². The number of halogens is 1. The molecule has 194 valence electrons. The molecule has 2 aliphatic rings. The number of rotatable bonds is 8. The van der Waals surface area contributed by atoms with E-state index in [1.165, 1.54) is 17.0 Å². The summed E-state index contributed by atoms with van der Waals surface area (Å²) in [5.41, 5.74) is 1.51. The number of amides is 2. The fourth-order valence-corrected chi connectivity index (χ4v) is 5.64. The minimum absolute atomic E-state index is 0.0437. The van der Waals surface area contributed by atoms with Crippen LogP contribution in [0, 0.1) is 11.7 Å². The molecule has 0 bridgehead atoms. The van der Waals surface area contributed by atoms with Crippen LogP contribution < -0.4 is 14.2 Å². The number of fused-ring (bicyclic) bond motifs is 2. The summed E-state index contributed by atoms with van der Waals surface area (Å²) in [7, 11) is 0. The topological polar surface area (TPSA) is 68.3 Å². The summed E-state index contributed by atoms with van der Waals surface area (Å²) in [6.45, 7) is 5.33. The van der Waals surface area contributed by atoms with Gasteiger partial charge in [0.05, 0.1) is 6.04 Å². The summed E-state index contributed by atoms with van der Waals surface area (Å²) in [6.07, 6.45) is 0.756. The Kier molecular flexibility index (Phi) is 7.32. The number of nitrogens with zero attached hydrogens (tertiary/aromatic N) is 2. The predicted molar refractivity (Wildman–Crippen MR) is 138 cm³/mol. The zero-order valence-corrected chi connectivity index (χ0v) is 21.6. The Balaban J connectivity index is 1.34. The van der Waals surface area contributed by atoms with Crippen LogP contribution in [0.5, 0.6) is 17.2 Å². The van der Waals surface area contributed by atoms with E-state index in [0.29, 0.717) is 35.9 Å². The Bertz CT molecular complexity index is 1280. The van der Waals surface area contributed by atoms with Gasteiger partial charge < -0.3 is 24.0 Å². The van der Waals surface area contributed by atoms with Crippen molar-refractivity contribution in [1.29, 1.82) is 0 Å². The zero-order chi connectivity index (χ0) is 25.9. The highest BCUT2D eigenvalue weighted by atomic mass is 32.1. The van der Waals surface area contributed by atoms with Crippen LogP contribution in [0.2, 0.25) is 0 Å². The first-order valence-corrected chi connectivity index (χ1v) is 13.2. The van der Waals surface area contributed by atoms with Gasteiger partial charge in [-0.15, -0.1) is 11.3 Å². The van der Waals surface area contributed by atoms with Crippen molar-refractivity contribution in [3.63, 3.8) is 0 Å². The smallest absolute Gasteiger partial charge is 0.254 e. The molecule has 0 unspecified atom stereocenters. The quantitative estimate of drug-likeness (QED) is 0.419. The maximum atomic E-state index is 13.7. The highest BCUT2D eigenvalue weighted by Crippen LogP contribution is 2.35. The molecule has 0 radical (unpaired) electrons. The summed E-state index contributed by atoms with van der Waals surface area (Å²) in [6, 6.07) is 12.7. The van der Waals surface area contributed by atoms with Crippen LogP contribution in [0.25, 0.3) is 0 Å². The van der Waals surface area contributed by atoms with Crippen molar-refractivity contribution in [2.24, 2.45) is 5.92 Å². The van der Waals surface area contributed by atoms with Gasteiger partial charge in [-0.25, -0.2) is 4.39 Å². The fourth-order valence-electron chi connectivity index (χ4n) is 4.71. The Morgan fingerprint density at radius 3 is 2.70 bits per heavy atom. The standard InChI is InChI=1S/C28H29FN2O5S/c1-18(2)14-30(28(33)19-3-8-24-25(13-19)36-17-35-24)15-27(32)31-11-9-26-22(10-12-37-26)23(31)16-34-21-6-4-20(29)5-7-21/h3-8,10,12-13,18,23H,9,11,14-17H2,1-2H3/t23-/m0/s1. The number of carbonyl (C=O) groups is 2. The van der Waals surface area contributed by atoms with Gasteiger partial charge >= 0.3 is 0 Å². The molecule has 0 saturated heterocycles. The average molecular weight is 525 g/mol. The third kappa shape index (κ3) is 5.56. The van der Waals surface area contributed by atoms with E-state index in [2.05, 4.69) is 0 Å². The van der Waals surface area contributed by atoms with Crippen LogP contribution in [0.1, 0.15) is 40.7 Å². The second kappa shape index (κ2) is 10.8. The third-order valence-electron chi connectivity index (χ3n) is 6.46. The van der Waals surface area contributed by atoms with E-state index in [4.69, 9.17) is 14.2 Å². The van der Waals surface area contributed by atoms with Crippen LogP contribution in [0.15, 0.2) is 53.9 Å². The molecular formula is C28H29FN2O5S. The van der Waals surface area contributed by atoms with Gasteiger partial charge in [-0.1, -0.05) is 13.8 Å². The molecule has 0 spiro atoms. The van der Waals surface area contributed by atoms with Gasteiger partial charge in [0, 0.05) is 23.5 Å². The first-order chi connectivity index (χ1) is 17.9. The van der Waals surface area contributed by atoms with E-state index >= 15 is 0 Å². The maximum absolute atomic E-state index is 13.7. The van der Waals surface area contributed by atoms with Crippen molar-refractivity contribution in [1.82, 2.24) is 9.80 Å². The van der Waals surface area contributed by atoms with E-state index in [1.807, 2.05) is 25.3 Å². The zero-order valence-electron chi connectivity index (χ0n) is 20.8. The molecule has 0 N–H and O–H groups in total. The monoisotopic (exact) mass is 524 g/mol. The Morgan fingerprint density at radius 2 is 1.92 bits per heavy atom. The van der Waals surface area contributed by atoms with Crippen molar-refractivity contribution < 1.29 is 28.2 Å². The molecule has 2 aliphatic heterocycles. The normalized spacial score (nSPS) is 16.0. The summed E-state index contributed by atoms with van der Waals surface area (Å²) >= 11 is 1.67. The van der Waals surface area contributed by atoms with E-state index in [1.54, 1.807) is 51.5 Å². The van der Waals surface area contributed by atoms with Crippen LogP contribution in [0.3, 0.4) is 0 Å². The predicted octanol–water partition coefficient (Wildman–Crippen LogP) is 4.92. The Hall–Kier alpha value is -3.59. The second-order valence-corrected chi connectivity index (χ2v) is 10.6. The molecule has 37 heavy (non-hydrogen) atoms. The molecule has 7 nitrogen and oxygen atoms in total.